The molecule has 1 aliphatic carbocycles. The van der Waals surface area contributed by atoms with E-state index in [9.17, 15) is 14.9 Å². The number of rotatable bonds is 6. The van der Waals surface area contributed by atoms with Crippen molar-refractivity contribution in [1.29, 1.82) is 5.26 Å². The monoisotopic (exact) mass is 316 g/mol. The summed E-state index contributed by atoms with van der Waals surface area (Å²) in [5.74, 6) is -0.267. The molecule has 1 fully saturated rings. The van der Waals surface area contributed by atoms with E-state index < -0.39 is 11.6 Å². The summed E-state index contributed by atoms with van der Waals surface area (Å²) in [5, 5.41) is 12.0. The van der Waals surface area contributed by atoms with Crippen molar-refractivity contribution in [3.05, 3.63) is 23.8 Å². The van der Waals surface area contributed by atoms with Crippen LogP contribution >= 0.6 is 0 Å². The predicted octanol–water partition coefficient (Wildman–Crippen LogP) is 2.63. The van der Waals surface area contributed by atoms with Crippen molar-refractivity contribution >= 4 is 17.6 Å². The number of nitriles is 1. The molecule has 0 radical (unpaired) electrons. The van der Waals surface area contributed by atoms with Gasteiger partial charge in [0.25, 0.3) is 5.91 Å². The average Bonchev–Trinajstić information content (AvgIpc) is 3.33. The van der Waals surface area contributed by atoms with E-state index in [-0.39, 0.29) is 23.1 Å². The van der Waals surface area contributed by atoms with Crippen LogP contribution in [0.1, 0.15) is 39.2 Å². The fourth-order valence-electron chi connectivity index (χ4n) is 2.50. The fraction of sp³-hybridized carbons (Fsp3) is 0.471. The molecule has 0 spiro atoms. The van der Waals surface area contributed by atoms with E-state index in [0.29, 0.717) is 12.3 Å². The Kier molecular flexibility index (Phi) is 5.02. The van der Waals surface area contributed by atoms with Gasteiger partial charge in [0.1, 0.15) is 17.4 Å². The molecule has 1 saturated carbocycles. The van der Waals surface area contributed by atoms with Gasteiger partial charge in [0.15, 0.2) is 0 Å². The standard InChI is InChI=1S/C17H20N2O4/c1-4-22-17(3,13-5-6-13)16(21)19-15-8-7-14(23-11(2)20)9-12(15)10-18/h7-9,13H,4-6H2,1-3H3,(H,19,21). The number of hydrogen-bond acceptors (Lipinski definition) is 5. The molecular weight excluding hydrogens is 296 g/mol. The summed E-state index contributed by atoms with van der Waals surface area (Å²) in [6.07, 6.45) is 1.92. The lowest BCUT2D eigenvalue weighted by Gasteiger charge is -2.28. The second-order valence-corrected chi connectivity index (χ2v) is 5.68. The number of esters is 1. The van der Waals surface area contributed by atoms with E-state index in [1.54, 1.807) is 13.0 Å². The van der Waals surface area contributed by atoms with E-state index in [0.717, 1.165) is 12.8 Å². The Labute approximate surface area is 135 Å². The zero-order valence-electron chi connectivity index (χ0n) is 13.5. The second kappa shape index (κ2) is 6.80. The molecule has 2 rings (SSSR count). The molecule has 122 valence electrons. The predicted molar refractivity (Wildman–Crippen MR) is 83.9 cm³/mol. The number of carbonyl (C=O) groups is 2. The first-order valence-electron chi connectivity index (χ1n) is 7.58. The molecule has 0 aliphatic heterocycles. The molecule has 0 saturated heterocycles. The van der Waals surface area contributed by atoms with Crippen LogP contribution in [0.2, 0.25) is 0 Å². The third-order valence-electron chi connectivity index (χ3n) is 3.87. The molecule has 23 heavy (non-hydrogen) atoms. The van der Waals surface area contributed by atoms with Crippen molar-refractivity contribution in [2.24, 2.45) is 5.92 Å². The van der Waals surface area contributed by atoms with Crippen molar-refractivity contribution in [3.63, 3.8) is 0 Å². The van der Waals surface area contributed by atoms with Gasteiger partial charge < -0.3 is 14.8 Å². The van der Waals surface area contributed by atoms with Crippen LogP contribution in [-0.2, 0) is 14.3 Å². The molecule has 1 atom stereocenters. The van der Waals surface area contributed by atoms with Crippen molar-refractivity contribution < 1.29 is 19.1 Å². The van der Waals surface area contributed by atoms with Crippen LogP contribution in [0.5, 0.6) is 5.75 Å². The summed E-state index contributed by atoms with van der Waals surface area (Å²) in [5.41, 5.74) is -0.289. The number of benzene rings is 1. The van der Waals surface area contributed by atoms with Gasteiger partial charge in [-0.1, -0.05) is 0 Å². The largest absolute Gasteiger partial charge is 0.427 e. The van der Waals surface area contributed by atoms with Gasteiger partial charge in [-0.25, -0.2) is 0 Å². The summed E-state index contributed by atoms with van der Waals surface area (Å²) in [7, 11) is 0. The molecule has 1 aliphatic rings. The number of hydrogen-bond donors (Lipinski definition) is 1. The minimum absolute atomic E-state index is 0.202. The summed E-state index contributed by atoms with van der Waals surface area (Å²) < 4.78 is 10.6. The third-order valence-corrected chi connectivity index (χ3v) is 3.87. The van der Waals surface area contributed by atoms with Gasteiger partial charge in [-0.3, -0.25) is 9.59 Å². The van der Waals surface area contributed by atoms with Crippen LogP contribution in [-0.4, -0.2) is 24.1 Å². The normalized spacial score (nSPS) is 16.1. The maximum atomic E-state index is 12.6. The molecule has 0 heterocycles. The molecule has 1 aromatic rings. The van der Waals surface area contributed by atoms with Crippen LogP contribution in [0.3, 0.4) is 0 Å². The van der Waals surface area contributed by atoms with E-state index in [2.05, 4.69) is 5.32 Å². The van der Waals surface area contributed by atoms with Crippen LogP contribution in [0, 0.1) is 17.2 Å². The summed E-state index contributed by atoms with van der Waals surface area (Å²) >= 11 is 0. The van der Waals surface area contributed by atoms with E-state index in [4.69, 9.17) is 9.47 Å². The Hall–Kier alpha value is -2.39. The molecule has 6 heteroatoms. The third kappa shape index (κ3) is 3.88. The number of nitrogens with one attached hydrogen (secondary N) is 1. The molecule has 1 aromatic carbocycles. The zero-order valence-corrected chi connectivity index (χ0v) is 13.5. The van der Waals surface area contributed by atoms with Crippen LogP contribution in [0.15, 0.2) is 18.2 Å². The first-order chi connectivity index (χ1) is 10.9. The fourth-order valence-corrected chi connectivity index (χ4v) is 2.50. The van der Waals surface area contributed by atoms with Gasteiger partial charge in [0, 0.05) is 19.6 Å². The molecule has 1 unspecified atom stereocenters. The van der Waals surface area contributed by atoms with Gasteiger partial charge in [-0.05, 0) is 44.7 Å². The molecule has 6 nitrogen and oxygen atoms in total. The molecule has 1 amide bonds. The Balaban J connectivity index is 2.20. The number of ether oxygens (including phenoxy) is 2. The number of carbonyl (C=O) groups excluding carboxylic acids is 2. The SMILES string of the molecule is CCOC(C)(C(=O)Nc1ccc(OC(C)=O)cc1C#N)C1CC1. The van der Waals surface area contributed by atoms with Crippen molar-refractivity contribution in [2.45, 2.75) is 39.2 Å². The Morgan fingerprint density at radius 3 is 2.65 bits per heavy atom. The van der Waals surface area contributed by atoms with Crippen molar-refractivity contribution in [1.82, 2.24) is 0 Å². The smallest absolute Gasteiger partial charge is 0.308 e. The number of amides is 1. The van der Waals surface area contributed by atoms with E-state index in [1.807, 2.05) is 13.0 Å². The molecule has 0 aromatic heterocycles. The van der Waals surface area contributed by atoms with E-state index in [1.165, 1.54) is 19.1 Å². The lowest BCUT2D eigenvalue weighted by atomic mass is 9.98. The highest BCUT2D eigenvalue weighted by atomic mass is 16.5. The Morgan fingerprint density at radius 2 is 2.13 bits per heavy atom. The maximum absolute atomic E-state index is 12.6. The quantitative estimate of drug-likeness (QED) is 0.644. The molecule has 0 bridgehead atoms. The van der Waals surface area contributed by atoms with Crippen LogP contribution in [0.4, 0.5) is 5.69 Å². The van der Waals surface area contributed by atoms with Gasteiger partial charge in [0.2, 0.25) is 0 Å². The topological polar surface area (TPSA) is 88.4 Å². The van der Waals surface area contributed by atoms with E-state index >= 15 is 0 Å². The summed E-state index contributed by atoms with van der Waals surface area (Å²) in [4.78, 5) is 23.6. The minimum atomic E-state index is -0.893. The maximum Gasteiger partial charge on any atom is 0.308 e. The van der Waals surface area contributed by atoms with Crippen LogP contribution in [0.25, 0.3) is 0 Å². The summed E-state index contributed by atoms with van der Waals surface area (Å²) in [6.45, 7) is 5.35. The Morgan fingerprint density at radius 1 is 1.43 bits per heavy atom. The first kappa shape index (κ1) is 17.0. The van der Waals surface area contributed by atoms with Gasteiger partial charge in [0.05, 0.1) is 11.3 Å². The highest BCUT2D eigenvalue weighted by Gasteiger charge is 2.48. The van der Waals surface area contributed by atoms with Crippen molar-refractivity contribution in [3.8, 4) is 11.8 Å². The van der Waals surface area contributed by atoms with Gasteiger partial charge >= 0.3 is 5.97 Å². The average molecular weight is 316 g/mol. The van der Waals surface area contributed by atoms with Gasteiger partial charge in [-0.15, -0.1) is 0 Å². The van der Waals surface area contributed by atoms with Crippen LogP contribution < -0.4 is 10.1 Å². The zero-order chi connectivity index (χ0) is 17.0. The number of nitrogens with zero attached hydrogens (tertiary/aromatic N) is 1. The van der Waals surface area contributed by atoms with Crippen molar-refractivity contribution in [2.75, 3.05) is 11.9 Å². The van der Waals surface area contributed by atoms with Gasteiger partial charge in [-0.2, -0.15) is 5.26 Å². The lowest BCUT2D eigenvalue weighted by molar-refractivity contribution is -0.141. The minimum Gasteiger partial charge on any atom is -0.427 e. The molecular formula is C17H20N2O4. The highest BCUT2D eigenvalue weighted by molar-refractivity contribution is 5.98. The highest BCUT2D eigenvalue weighted by Crippen LogP contribution is 2.42. The summed E-state index contributed by atoms with van der Waals surface area (Å²) in [6, 6.07) is 6.50. The first-order valence-corrected chi connectivity index (χ1v) is 7.58. The molecule has 1 N–H and O–H groups in total. The second-order valence-electron chi connectivity index (χ2n) is 5.68. The lowest BCUT2D eigenvalue weighted by Crippen LogP contribution is -2.45. The Bertz CT molecular complexity index is 661. The number of anilines is 1.